The molecule has 122 valence electrons. The molecule has 0 aliphatic rings. The number of ether oxygens (including phenoxy) is 1. The summed E-state index contributed by atoms with van der Waals surface area (Å²) >= 11 is 1.52. The number of hydrogen-bond donors (Lipinski definition) is 1. The number of nitrogens with zero attached hydrogens (tertiary/aromatic N) is 2. The smallest absolute Gasteiger partial charge is 0.251 e. The van der Waals surface area contributed by atoms with Crippen LogP contribution in [0.3, 0.4) is 0 Å². The van der Waals surface area contributed by atoms with Crippen LogP contribution in [0.2, 0.25) is 0 Å². The summed E-state index contributed by atoms with van der Waals surface area (Å²) in [7, 11) is 0. The summed E-state index contributed by atoms with van der Waals surface area (Å²) in [5, 5.41) is 5.66. The molecule has 3 aromatic rings. The molecule has 2 aromatic heterocycles. The first-order valence-corrected chi connectivity index (χ1v) is 8.51. The fourth-order valence-corrected chi connectivity index (χ4v) is 2.93. The number of carbonyl (C=O) groups is 1. The van der Waals surface area contributed by atoms with Crippen molar-refractivity contribution in [3.05, 3.63) is 65.3 Å². The molecule has 0 radical (unpaired) electrons. The third-order valence-electron chi connectivity index (χ3n) is 3.29. The van der Waals surface area contributed by atoms with Crippen LogP contribution in [-0.2, 0) is 6.54 Å². The SMILES string of the molecule is CCOc1ccc(C(=O)NCc2csc(-c3ccccn3)n2)cc1. The van der Waals surface area contributed by atoms with Gasteiger partial charge in [-0.15, -0.1) is 11.3 Å². The van der Waals surface area contributed by atoms with E-state index in [9.17, 15) is 4.79 Å². The summed E-state index contributed by atoms with van der Waals surface area (Å²) in [6, 6.07) is 12.8. The first kappa shape index (κ1) is 16.1. The van der Waals surface area contributed by atoms with Gasteiger partial charge in [-0.3, -0.25) is 9.78 Å². The van der Waals surface area contributed by atoms with E-state index >= 15 is 0 Å². The van der Waals surface area contributed by atoms with Crippen molar-refractivity contribution in [2.24, 2.45) is 0 Å². The zero-order chi connectivity index (χ0) is 16.8. The standard InChI is InChI=1S/C18H17N3O2S/c1-2-23-15-8-6-13(7-9-15)17(22)20-11-14-12-24-18(21-14)16-5-3-4-10-19-16/h3-10,12H,2,11H2,1H3,(H,20,22). The predicted octanol–water partition coefficient (Wildman–Crippen LogP) is 3.53. The second-order valence-electron chi connectivity index (χ2n) is 5.00. The Balaban J connectivity index is 1.59. The van der Waals surface area contributed by atoms with Gasteiger partial charge in [0.05, 0.1) is 24.5 Å². The molecule has 1 aromatic carbocycles. The molecule has 0 saturated carbocycles. The van der Waals surface area contributed by atoms with Crippen molar-refractivity contribution < 1.29 is 9.53 Å². The van der Waals surface area contributed by atoms with E-state index in [1.165, 1.54) is 11.3 Å². The van der Waals surface area contributed by atoms with Crippen LogP contribution in [0.5, 0.6) is 5.75 Å². The maximum atomic E-state index is 12.2. The van der Waals surface area contributed by atoms with E-state index in [0.717, 1.165) is 22.1 Å². The minimum absolute atomic E-state index is 0.134. The molecule has 6 heteroatoms. The molecular weight excluding hydrogens is 322 g/mol. The molecule has 1 N–H and O–H groups in total. The maximum Gasteiger partial charge on any atom is 0.251 e. The lowest BCUT2D eigenvalue weighted by molar-refractivity contribution is 0.0950. The van der Waals surface area contributed by atoms with Gasteiger partial charge in [0, 0.05) is 17.1 Å². The molecule has 0 aliphatic carbocycles. The van der Waals surface area contributed by atoms with Crippen molar-refractivity contribution in [3.8, 4) is 16.5 Å². The lowest BCUT2D eigenvalue weighted by atomic mass is 10.2. The fourth-order valence-electron chi connectivity index (χ4n) is 2.14. The van der Waals surface area contributed by atoms with E-state index in [4.69, 9.17) is 4.74 Å². The number of thiazole rings is 1. The highest BCUT2D eigenvalue weighted by molar-refractivity contribution is 7.13. The Kier molecular flexibility index (Phi) is 5.18. The molecule has 0 fully saturated rings. The van der Waals surface area contributed by atoms with E-state index in [1.54, 1.807) is 30.5 Å². The van der Waals surface area contributed by atoms with Crippen molar-refractivity contribution in [2.45, 2.75) is 13.5 Å². The second kappa shape index (κ2) is 7.70. The summed E-state index contributed by atoms with van der Waals surface area (Å²) < 4.78 is 5.37. The van der Waals surface area contributed by atoms with Crippen molar-refractivity contribution in [1.29, 1.82) is 0 Å². The predicted molar refractivity (Wildman–Crippen MR) is 94.1 cm³/mol. The van der Waals surface area contributed by atoms with Crippen LogP contribution < -0.4 is 10.1 Å². The second-order valence-corrected chi connectivity index (χ2v) is 5.86. The Morgan fingerprint density at radius 1 is 1.21 bits per heavy atom. The fraction of sp³-hybridized carbons (Fsp3) is 0.167. The maximum absolute atomic E-state index is 12.2. The third kappa shape index (κ3) is 3.97. The number of nitrogens with one attached hydrogen (secondary N) is 1. The Morgan fingerprint density at radius 2 is 2.04 bits per heavy atom. The van der Waals surface area contributed by atoms with Gasteiger partial charge in [0.1, 0.15) is 10.8 Å². The molecule has 0 bridgehead atoms. The Labute approximate surface area is 144 Å². The summed E-state index contributed by atoms with van der Waals surface area (Å²) in [5.41, 5.74) is 2.25. The number of hydrogen-bond acceptors (Lipinski definition) is 5. The molecule has 0 aliphatic heterocycles. The van der Waals surface area contributed by atoms with Gasteiger partial charge in [-0.25, -0.2) is 4.98 Å². The van der Waals surface area contributed by atoms with Gasteiger partial charge in [0.2, 0.25) is 0 Å². The van der Waals surface area contributed by atoms with Crippen LogP contribution in [0.4, 0.5) is 0 Å². The lowest BCUT2D eigenvalue weighted by Crippen LogP contribution is -2.22. The molecule has 0 unspecified atom stereocenters. The zero-order valence-corrected chi connectivity index (χ0v) is 14.0. The van der Waals surface area contributed by atoms with Gasteiger partial charge in [-0.2, -0.15) is 0 Å². The third-order valence-corrected chi connectivity index (χ3v) is 4.21. The average molecular weight is 339 g/mol. The van der Waals surface area contributed by atoms with Crippen LogP contribution >= 0.6 is 11.3 Å². The first-order chi connectivity index (χ1) is 11.8. The minimum Gasteiger partial charge on any atom is -0.494 e. The van der Waals surface area contributed by atoms with E-state index in [1.807, 2.05) is 30.5 Å². The summed E-state index contributed by atoms with van der Waals surface area (Å²) in [6.45, 7) is 2.91. The monoisotopic (exact) mass is 339 g/mol. The molecule has 24 heavy (non-hydrogen) atoms. The van der Waals surface area contributed by atoms with E-state index < -0.39 is 0 Å². The lowest BCUT2D eigenvalue weighted by Gasteiger charge is -2.05. The Hall–Kier alpha value is -2.73. The molecule has 1 amide bonds. The molecule has 0 spiro atoms. The van der Waals surface area contributed by atoms with E-state index in [2.05, 4.69) is 15.3 Å². The van der Waals surface area contributed by atoms with Crippen molar-refractivity contribution in [1.82, 2.24) is 15.3 Å². The van der Waals surface area contributed by atoms with Crippen molar-refractivity contribution in [3.63, 3.8) is 0 Å². The number of rotatable bonds is 6. The van der Waals surface area contributed by atoms with Crippen LogP contribution in [-0.4, -0.2) is 22.5 Å². The molecule has 0 saturated heterocycles. The number of aromatic nitrogens is 2. The first-order valence-electron chi connectivity index (χ1n) is 7.63. The van der Waals surface area contributed by atoms with Crippen LogP contribution in [0.1, 0.15) is 23.0 Å². The molecule has 0 atom stereocenters. The van der Waals surface area contributed by atoms with Gasteiger partial charge in [-0.1, -0.05) is 6.07 Å². The number of carbonyl (C=O) groups excluding carboxylic acids is 1. The Bertz CT molecular complexity index is 801. The summed E-state index contributed by atoms with van der Waals surface area (Å²) in [5.74, 6) is 0.624. The average Bonchev–Trinajstić information content (AvgIpc) is 3.10. The Morgan fingerprint density at radius 3 is 2.75 bits per heavy atom. The molecular formula is C18H17N3O2S. The quantitative estimate of drug-likeness (QED) is 0.746. The zero-order valence-electron chi connectivity index (χ0n) is 13.2. The number of benzene rings is 1. The van der Waals surface area contributed by atoms with Crippen molar-refractivity contribution >= 4 is 17.2 Å². The highest BCUT2D eigenvalue weighted by atomic mass is 32.1. The van der Waals surface area contributed by atoms with Gasteiger partial charge in [0.25, 0.3) is 5.91 Å². The summed E-state index contributed by atoms with van der Waals surface area (Å²) in [6.07, 6.45) is 1.74. The van der Waals surface area contributed by atoms with Gasteiger partial charge < -0.3 is 10.1 Å². The van der Waals surface area contributed by atoms with E-state index in [0.29, 0.717) is 18.7 Å². The molecule has 2 heterocycles. The highest BCUT2D eigenvalue weighted by Crippen LogP contribution is 2.21. The van der Waals surface area contributed by atoms with Gasteiger partial charge >= 0.3 is 0 Å². The number of pyridine rings is 1. The normalized spacial score (nSPS) is 10.4. The van der Waals surface area contributed by atoms with Gasteiger partial charge in [0.15, 0.2) is 0 Å². The highest BCUT2D eigenvalue weighted by Gasteiger charge is 2.09. The summed E-state index contributed by atoms with van der Waals surface area (Å²) in [4.78, 5) is 21.0. The topological polar surface area (TPSA) is 64.1 Å². The van der Waals surface area contributed by atoms with Gasteiger partial charge in [-0.05, 0) is 43.3 Å². The largest absolute Gasteiger partial charge is 0.494 e. The molecule has 3 rings (SSSR count). The molecule has 5 nitrogen and oxygen atoms in total. The van der Waals surface area contributed by atoms with Crippen LogP contribution in [0, 0.1) is 0 Å². The minimum atomic E-state index is -0.134. The van der Waals surface area contributed by atoms with Crippen molar-refractivity contribution in [2.75, 3.05) is 6.61 Å². The number of amides is 1. The van der Waals surface area contributed by atoms with E-state index in [-0.39, 0.29) is 5.91 Å². The van der Waals surface area contributed by atoms with Crippen LogP contribution in [0.15, 0.2) is 54.0 Å². The van der Waals surface area contributed by atoms with Crippen LogP contribution in [0.25, 0.3) is 10.7 Å².